The van der Waals surface area contributed by atoms with E-state index in [0.29, 0.717) is 31.0 Å². The molecule has 0 unspecified atom stereocenters. The van der Waals surface area contributed by atoms with Crippen molar-refractivity contribution in [2.75, 3.05) is 32.7 Å². The Hall–Kier alpha value is -2.25. The molecule has 0 bridgehead atoms. The highest BCUT2D eigenvalue weighted by atomic mass is 19.1. The van der Waals surface area contributed by atoms with E-state index in [9.17, 15) is 14.3 Å². The van der Waals surface area contributed by atoms with Crippen molar-refractivity contribution in [3.05, 3.63) is 48.0 Å². The number of hydrogen-bond acceptors (Lipinski definition) is 4. The molecule has 0 radical (unpaired) electrons. The van der Waals surface area contributed by atoms with Gasteiger partial charge in [0.1, 0.15) is 5.82 Å². The van der Waals surface area contributed by atoms with E-state index in [4.69, 9.17) is 0 Å². The Balaban J connectivity index is 1.63. The Kier molecular flexibility index (Phi) is 4.92. The van der Waals surface area contributed by atoms with E-state index in [-0.39, 0.29) is 17.8 Å². The Morgan fingerprint density at radius 3 is 2.50 bits per heavy atom. The molecule has 0 spiro atoms. The van der Waals surface area contributed by atoms with E-state index in [2.05, 4.69) is 10.00 Å². The van der Waals surface area contributed by atoms with E-state index in [1.165, 1.54) is 12.1 Å². The molecule has 1 aromatic heterocycles. The van der Waals surface area contributed by atoms with E-state index in [0.717, 1.165) is 13.1 Å². The lowest BCUT2D eigenvalue weighted by Gasteiger charge is -2.34. The lowest BCUT2D eigenvalue weighted by molar-refractivity contribution is 0.0549. The molecule has 24 heavy (non-hydrogen) atoms. The van der Waals surface area contributed by atoms with E-state index < -0.39 is 0 Å². The number of aliphatic hydroxyl groups excluding tert-OH is 1. The molecule has 7 heteroatoms. The van der Waals surface area contributed by atoms with Crippen LogP contribution in [0, 0.1) is 5.82 Å². The van der Waals surface area contributed by atoms with Gasteiger partial charge in [-0.05, 0) is 37.3 Å². The van der Waals surface area contributed by atoms with E-state index in [1.807, 2.05) is 0 Å². The first kappa shape index (κ1) is 16.6. The molecule has 0 saturated carbocycles. The molecule has 1 aliphatic heterocycles. The minimum atomic E-state index is -0.362. The minimum absolute atomic E-state index is 0.104. The number of halogens is 1. The largest absolute Gasteiger partial charge is 0.392 e. The van der Waals surface area contributed by atoms with Gasteiger partial charge in [-0.1, -0.05) is 0 Å². The van der Waals surface area contributed by atoms with Crippen molar-refractivity contribution < 1.29 is 14.3 Å². The fourth-order valence-electron chi connectivity index (χ4n) is 2.84. The van der Waals surface area contributed by atoms with Gasteiger partial charge in [-0.25, -0.2) is 9.07 Å². The molecule has 0 aliphatic carbocycles. The van der Waals surface area contributed by atoms with Crippen molar-refractivity contribution in [2.45, 2.75) is 13.0 Å². The molecule has 6 nitrogen and oxygen atoms in total. The van der Waals surface area contributed by atoms with Crippen molar-refractivity contribution in [3.63, 3.8) is 0 Å². The second-order valence-electron chi connectivity index (χ2n) is 6.06. The number of piperazine rings is 1. The first-order chi connectivity index (χ1) is 11.5. The molecule has 1 amide bonds. The summed E-state index contributed by atoms with van der Waals surface area (Å²) in [4.78, 5) is 16.5. The Morgan fingerprint density at radius 2 is 1.88 bits per heavy atom. The molecule has 1 N–H and O–H groups in total. The molecule has 2 aromatic rings. The Morgan fingerprint density at radius 1 is 1.21 bits per heavy atom. The molecule has 128 valence electrons. The number of carbonyl (C=O) groups is 1. The summed E-state index contributed by atoms with van der Waals surface area (Å²) < 4.78 is 14.5. The zero-order valence-corrected chi connectivity index (χ0v) is 13.6. The van der Waals surface area contributed by atoms with Crippen LogP contribution in [0.5, 0.6) is 0 Å². The van der Waals surface area contributed by atoms with Gasteiger partial charge in [0.25, 0.3) is 5.91 Å². The van der Waals surface area contributed by atoms with Crippen LogP contribution in [0.3, 0.4) is 0 Å². The topological polar surface area (TPSA) is 61.6 Å². The van der Waals surface area contributed by atoms with Crippen molar-refractivity contribution in [3.8, 4) is 5.69 Å². The summed E-state index contributed by atoms with van der Waals surface area (Å²) in [6, 6.07) is 7.63. The van der Waals surface area contributed by atoms with Crippen LogP contribution in [0.25, 0.3) is 5.69 Å². The van der Waals surface area contributed by atoms with Gasteiger partial charge in [-0.3, -0.25) is 9.69 Å². The number of carbonyl (C=O) groups excluding carboxylic acids is 1. The third kappa shape index (κ3) is 3.80. The molecular weight excluding hydrogens is 311 g/mol. The molecule has 1 fully saturated rings. The summed E-state index contributed by atoms with van der Waals surface area (Å²) in [5.41, 5.74) is 1.08. The smallest absolute Gasteiger partial charge is 0.274 e. The van der Waals surface area contributed by atoms with Crippen molar-refractivity contribution >= 4 is 5.91 Å². The average Bonchev–Trinajstić information content (AvgIpc) is 3.05. The van der Waals surface area contributed by atoms with Gasteiger partial charge < -0.3 is 10.0 Å². The van der Waals surface area contributed by atoms with Gasteiger partial charge in [0.05, 0.1) is 11.8 Å². The first-order valence-electron chi connectivity index (χ1n) is 8.04. The first-order valence-corrected chi connectivity index (χ1v) is 8.04. The van der Waals surface area contributed by atoms with Crippen LogP contribution in [0.1, 0.15) is 17.4 Å². The van der Waals surface area contributed by atoms with Gasteiger partial charge >= 0.3 is 0 Å². The van der Waals surface area contributed by atoms with Crippen LogP contribution in [0.15, 0.2) is 36.5 Å². The molecule has 2 heterocycles. The maximum absolute atomic E-state index is 13.0. The van der Waals surface area contributed by atoms with Crippen LogP contribution < -0.4 is 0 Å². The number of benzene rings is 1. The molecule has 1 atom stereocenters. The fraction of sp³-hybridized carbons (Fsp3) is 0.412. The predicted molar refractivity (Wildman–Crippen MR) is 87.5 cm³/mol. The maximum atomic E-state index is 13.0. The Labute approximate surface area is 140 Å². The predicted octanol–water partition coefficient (Wildman–Crippen LogP) is 1.15. The third-order valence-electron chi connectivity index (χ3n) is 4.08. The summed E-state index contributed by atoms with van der Waals surface area (Å²) in [6.45, 7) is 5.12. The second-order valence-corrected chi connectivity index (χ2v) is 6.06. The summed E-state index contributed by atoms with van der Waals surface area (Å²) >= 11 is 0. The zero-order chi connectivity index (χ0) is 17.1. The lowest BCUT2D eigenvalue weighted by Crippen LogP contribution is -2.50. The van der Waals surface area contributed by atoms with Crippen molar-refractivity contribution in [1.82, 2.24) is 19.6 Å². The van der Waals surface area contributed by atoms with Crippen LogP contribution in [-0.4, -0.2) is 69.4 Å². The van der Waals surface area contributed by atoms with Gasteiger partial charge in [-0.15, -0.1) is 0 Å². The summed E-state index contributed by atoms with van der Waals surface area (Å²) in [7, 11) is 0. The molecule has 1 aromatic carbocycles. The van der Waals surface area contributed by atoms with Crippen LogP contribution in [-0.2, 0) is 0 Å². The number of aromatic nitrogens is 2. The summed E-state index contributed by atoms with van der Waals surface area (Å²) in [5, 5.41) is 13.7. The number of hydrogen-bond donors (Lipinski definition) is 1. The minimum Gasteiger partial charge on any atom is -0.392 e. The number of aliphatic hydroxyl groups is 1. The molecule has 1 aliphatic rings. The lowest BCUT2D eigenvalue weighted by atomic mass is 10.2. The van der Waals surface area contributed by atoms with Gasteiger partial charge in [0, 0.05) is 38.9 Å². The van der Waals surface area contributed by atoms with E-state index >= 15 is 0 Å². The fourth-order valence-corrected chi connectivity index (χ4v) is 2.84. The SMILES string of the molecule is C[C@@H](O)CN1CCN(C(=O)c2ccn(-c3ccc(F)cc3)n2)CC1. The van der Waals surface area contributed by atoms with E-state index in [1.54, 1.807) is 40.9 Å². The van der Waals surface area contributed by atoms with Crippen LogP contribution in [0.2, 0.25) is 0 Å². The average molecular weight is 332 g/mol. The van der Waals surface area contributed by atoms with Gasteiger partial charge in [0.15, 0.2) is 5.69 Å². The number of nitrogens with zero attached hydrogens (tertiary/aromatic N) is 4. The van der Waals surface area contributed by atoms with Crippen LogP contribution in [0.4, 0.5) is 4.39 Å². The summed E-state index contributed by atoms with van der Waals surface area (Å²) in [5.74, 6) is -0.412. The molecule has 1 saturated heterocycles. The quantitative estimate of drug-likeness (QED) is 0.912. The highest BCUT2D eigenvalue weighted by Crippen LogP contribution is 2.12. The van der Waals surface area contributed by atoms with Gasteiger partial charge in [0.2, 0.25) is 0 Å². The second kappa shape index (κ2) is 7.11. The molecule has 3 rings (SSSR count). The van der Waals surface area contributed by atoms with Crippen LogP contribution >= 0.6 is 0 Å². The third-order valence-corrected chi connectivity index (χ3v) is 4.08. The molecular formula is C17H21FN4O2. The van der Waals surface area contributed by atoms with Crippen molar-refractivity contribution in [1.29, 1.82) is 0 Å². The Bertz CT molecular complexity index is 691. The number of amides is 1. The number of rotatable bonds is 4. The standard InChI is InChI=1S/C17H21FN4O2/c1-13(23)12-20-8-10-21(11-9-20)17(24)16-6-7-22(19-16)15-4-2-14(18)3-5-15/h2-7,13,23H,8-12H2,1H3/t13-/m1/s1. The zero-order valence-electron chi connectivity index (χ0n) is 13.6. The normalized spacial score (nSPS) is 17.0. The highest BCUT2D eigenvalue weighted by molar-refractivity contribution is 5.92. The van der Waals surface area contributed by atoms with Gasteiger partial charge in [-0.2, -0.15) is 5.10 Å². The number of β-amino-alcohol motifs (C(OH)–C–C–N with tert-alkyl or cyclic N) is 1. The summed E-state index contributed by atoms with van der Waals surface area (Å²) in [6.07, 6.45) is 1.34. The highest BCUT2D eigenvalue weighted by Gasteiger charge is 2.24. The monoisotopic (exact) mass is 332 g/mol. The van der Waals surface area contributed by atoms with Crippen molar-refractivity contribution in [2.24, 2.45) is 0 Å². The maximum Gasteiger partial charge on any atom is 0.274 e.